The van der Waals surface area contributed by atoms with Crippen LogP contribution in [0.2, 0.25) is 0 Å². The van der Waals surface area contributed by atoms with E-state index in [0.717, 1.165) is 16.8 Å². The average Bonchev–Trinajstić information content (AvgIpc) is 3.29. The van der Waals surface area contributed by atoms with E-state index in [-0.39, 0.29) is 17.1 Å². The Morgan fingerprint density at radius 1 is 1.03 bits per heavy atom. The van der Waals surface area contributed by atoms with Crippen molar-refractivity contribution in [2.24, 2.45) is 5.41 Å². The topological polar surface area (TPSA) is 102 Å². The normalized spacial score (nSPS) is 20.6. The maximum atomic E-state index is 13.6. The minimum atomic E-state index is -0.541. The maximum absolute atomic E-state index is 13.6. The molecule has 3 aliphatic rings. The first-order chi connectivity index (χ1) is 16.9. The SMILES string of the molecule is CC1(C)CC(=O)C2=C(C1)N1C(=C(C#N)C2c2ccccc2)NC(=O)c2c1n[nH]c2-c1ccccc1. The van der Waals surface area contributed by atoms with Gasteiger partial charge in [0.25, 0.3) is 5.91 Å². The number of ketones is 1. The third-order valence-electron chi connectivity index (χ3n) is 6.96. The number of amides is 1. The number of nitrogens with zero attached hydrogens (tertiary/aromatic N) is 3. The quantitative estimate of drug-likeness (QED) is 0.571. The highest BCUT2D eigenvalue weighted by Gasteiger charge is 2.48. The van der Waals surface area contributed by atoms with E-state index >= 15 is 0 Å². The van der Waals surface area contributed by atoms with E-state index in [1.54, 1.807) is 0 Å². The van der Waals surface area contributed by atoms with Gasteiger partial charge in [-0.1, -0.05) is 74.5 Å². The molecule has 2 aliphatic heterocycles. The van der Waals surface area contributed by atoms with Crippen LogP contribution in [-0.2, 0) is 4.79 Å². The molecule has 1 aliphatic carbocycles. The van der Waals surface area contributed by atoms with Crippen LogP contribution < -0.4 is 10.2 Å². The average molecular weight is 462 g/mol. The van der Waals surface area contributed by atoms with Crippen molar-refractivity contribution in [1.29, 1.82) is 5.26 Å². The summed E-state index contributed by atoms with van der Waals surface area (Å²) in [6.45, 7) is 4.14. The number of carbonyl (C=O) groups is 2. The molecule has 1 unspecified atom stereocenters. The molecule has 0 spiro atoms. The fourth-order valence-electron chi connectivity index (χ4n) is 5.51. The lowest BCUT2D eigenvalue weighted by Gasteiger charge is -2.45. The minimum Gasteiger partial charge on any atom is -0.307 e. The Kier molecular flexibility index (Phi) is 4.55. The highest BCUT2D eigenvalue weighted by Crippen LogP contribution is 2.52. The predicted octanol–water partition coefficient (Wildman–Crippen LogP) is 4.80. The van der Waals surface area contributed by atoms with Gasteiger partial charge < -0.3 is 5.32 Å². The summed E-state index contributed by atoms with van der Waals surface area (Å²) < 4.78 is 0. The van der Waals surface area contributed by atoms with Crippen molar-refractivity contribution in [1.82, 2.24) is 15.5 Å². The molecule has 0 radical (unpaired) electrons. The molecule has 2 N–H and O–H groups in total. The van der Waals surface area contributed by atoms with Crippen LogP contribution in [0, 0.1) is 16.7 Å². The summed E-state index contributed by atoms with van der Waals surface area (Å²) in [7, 11) is 0. The number of nitriles is 1. The van der Waals surface area contributed by atoms with Crippen molar-refractivity contribution in [2.75, 3.05) is 4.90 Å². The van der Waals surface area contributed by atoms with Gasteiger partial charge in [0, 0.05) is 23.3 Å². The number of hydrogen-bond acceptors (Lipinski definition) is 5. The highest BCUT2D eigenvalue weighted by molar-refractivity contribution is 6.10. The van der Waals surface area contributed by atoms with E-state index in [9.17, 15) is 14.9 Å². The van der Waals surface area contributed by atoms with Crippen LogP contribution in [0.5, 0.6) is 0 Å². The molecule has 0 saturated heterocycles. The van der Waals surface area contributed by atoms with Crippen molar-refractivity contribution < 1.29 is 9.59 Å². The van der Waals surface area contributed by atoms with Gasteiger partial charge in [-0.05, 0) is 17.4 Å². The zero-order valence-electron chi connectivity index (χ0n) is 19.4. The van der Waals surface area contributed by atoms with Crippen LogP contribution in [0.4, 0.5) is 5.82 Å². The van der Waals surface area contributed by atoms with Crippen LogP contribution in [0.15, 0.2) is 83.3 Å². The monoisotopic (exact) mass is 461 g/mol. The minimum absolute atomic E-state index is 0.0224. The van der Waals surface area contributed by atoms with E-state index in [4.69, 9.17) is 0 Å². The van der Waals surface area contributed by atoms with Crippen molar-refractivity contribution in [3.05, 3.63) is 94.5 Å². The van der Waals surface area contributed by atoms with Crippen LogP contribution >= 0.6 is 0 Å². The Hall–Kier alpha value is -4.44. The Morgan fingerprint density at radius 3 is 2.40 bits per heavy atom. The zero-order valence-corrected chi connectivity index (χ0v) is 19.4. The van der Waals surface area contributed by atoms with Crippen molar-refractivity contribution in [3.8, 4) is 17.3 Å². The molecule has 1 amide bonds. The fraction of sp³-hybridized carbons (Fsp3) is 0.214. The molecule has 172 valence electrons. The van der Waals surface area contributed by atoms with Crippen molar-refractivity contribution >= 4 is 17.5 Å². The standard InChI is InChI=1S/C28H23N5O2/c1-28(2)13-19-22(20(34)14-28)21(16-9-5-3-6-10-16)18(15-29)25-30-27(35)23-24(17-11-7-4-8-12-17)31-32-26(23)33(19)25/h3-12,21H,13-14H2,1-2H3,(H,30,35)(H,31,32). The lowest BCUT2D eigenvalue weighted by molar-refractivity contribution is -0.118. The molecule has 0 saturated carbocycles. The van der Waals surface area contributed by atoms with Gasteiger partial charge in [0.15, 0.2) is 11.6 Å². The maximum Gasteiger partial charge on any atom is 0.262 e. The predicted molar refractivity (Wildman–Crippen MR) is 131 cm³/mol. The number of hydrogen-bond donors (Lipinski definition) is 2. The fourth-order valence-corrected chi connectivity index (χ4v) is 5.51. The zero-order chi connectivity index (χ0) is 24.3. The van der Waals surface area contributed by atoms with Crippen LogP contribution in [0.1, 0.15) is 48.5 Å². The van der Waals surface area contributed by atoms with E-state index in [0.29, 0.717) is 46.9 Å². The summed E-state index contributed by atoms with van der Waals surface area (Å²) in [5.74, 6) is -0.0486. The molecule has 3 heterocycles. The van der Waals surface area contributed by atoms with Crippen molar-refractivity contribution in [2.45, 2.75) is 32.6 Å². The molecule has 35 heavy (non-hydrogen) atoms. The number of allylic oxidation sites excluding steroid dienone is 3. The molecule has 2 aromatic carbocycles. The summed E-state index contributed by atoms with van der Waals surface area (Å²) in [6, 6.07) is 21.4. The number of aromatic nitrogens is 2. The van der Waals surface area contributed by atoms with Gasteiger partial charge in [-0.25, -0.2) is 0 Å². The molecule has 3 aromatic rings. The van der Waals surface area contributed by atoms with E-state index in [1.165, 1.54) is 0 Å². The lowest BCUT2D eigenvalue weighted by Crippen LogP contribution is -2.48. The molecule has 6 rings (SSSR count). The second kappa shape index (κ2) is 7.54. The third-order valence-corrected chi connectivity index (χ3v) is 6.96. The van der Waals surface area contributed by atoms with Gasteiger partial charge in [0.2, 0.25) is 0 Å². The largest absolute Gasteiger partial charge is 0.307 e. The molecule has 0 bridgehead atoms. The van der Waals surface area contributed by atoms with Gasteiger partial charge in [-0.3, -0.25) is 19.6 Å². The molecular weight excluding hydrogens is 438 g/mol. The smallest absolute Gasteiger partial charge is 0.262 e. The molecule has 7 heteroatoms. The highest BCUT2D eigenvalue weighted by atomic mass is 16.2. The second-order valence-electron chi connectivity index (χ2n) is 9.97. The molecule has 1 atom stereocenters. The molecule has 1 aromatic heterocycles. The van der Waals surface area contributed by atoms with Gasteiger partial charge in [0.05, 0.1) is 23.3 Å². The first-order valence-corrected chi connectivity index (χ1v) is 11.6. The summed E-state index contributed by atoms with van der Waals surface area (Å²) in [6.07, 6.45) is 1.01. The second-order valence-corrected chi connectivity index (χ2v) is 9.97. The summed E-state index contributed by atoms with van der Waals surface area (Å²) in [4.78, 5) is 28.9. The number of anilines is 1. The van der Waals surface area contributed by atoms with E-state index < -0.39 is 5.92 Å². The van der Waals surface area contributed by atoms with Crippen LogP contribution in [-0.4, -0.2) is 21.9 Å². The number of benzene rings is 2. The van der Waals surface area contributed by atoms with E-state index in [1.807, 2.05) is 65.6 Å². The lowest BCUT2D eigenvalue weighted by atomic mass is 9.68. The Labute approximate surface area is 202 Å². The van der Waals surface area contributed by atoms with Gasteiger partial charge in [-0.2, -0.15) is 10.4 Å². The Bertz CT molecular complexity index is 1490. The number of Topliss-reactive ketones (excluding diaryl/α,β-unsaturated/α-hetero) is 1. The number of nitrogens with one attached hydrogen (secondary N) is 2. The third kappa shape index (κ3) is 3.14. The number of aromatic amines is 1. The summed E-state index contributed by atoms with van der Waals surface area (Å²) in [5, 5.41) is 20.9. The van der Waals surface area contributed by atoms with Gasteiger partial charge >= 0.3 is 0 Å². The first kappa shape index (κ1) is 21.1. The van der Waals surface area contributed by atoms with Crippen LogP contribution in [0.25, 0.3) is 11.3 Å². The number of H-pyrrole nitrogens is 1. The Balaban J connectivity index is 1.63. The number of rotatable bonds is 2. The summed E-state index contributed by atoms with van der Waals surface area (Å²) >= 11 is 0. The number of carbonyl (C=O) groups excluding carboxylic acids is 2. The summed E-state index contributed by atoms with van der Waals surface area (Å²) in [5.41, 5.74) is 4.16. The van der Waals surface area contributed by atoms with Crippen LogP contribution in [0.3, 0.4) is 0 Å². The van der Waals surface area contributed by atoms with Gasteiger partial charge in [0.1, 0.15) is 11.4 Å². The molecular formula is C28H23N5O2. The van der Waals surface area contributed by atoms with Gasteiger partial charge in [-0.15, -0.1) is 0 Å². The number of fused-ring (bicyclic) bond motifs is 4. The molecule has 0 fully saturated rings. The molecule has 7 nitrogen and oxygen atoms in total. The van der Waals surface area contributed by atoms with E-state index in [2.05, 4.69) is 35.4 Å². The van der Waals surface area contributed by atoms with Crippen molar-refractivity contribution in [3.63, 3.8) is 0 Å². The first-order valence-electron chi connectivity index (χ1n) is 11.6. The Morgan fingerprint density at radius 2 is 1.71 bits per heavy atom.